The summed E-state index contributed by atoms with van der Waals surface area (Å²) in [5, 5.41) is 5.10. The van der Waals surface area contributed by atoms with E-state index in [4.69, 9.17) is 5.84 Å². The molecule has 0 fully saturated rings. The molecule has 25 heavy (non-hydrogen) atoms. The van der Waals surface area contributed by atoms with Gasteiger partial charge in [-0.2, -0.15) is 0 Å². The van der Waals surface area contributed by atoms with Gasteiger partial charge in [0.05, 0.1) is 18.6 Å². The third-order valence-electron chi connectivity index (χ3n) is 3.03. The summed E-state index contributed by atoms with van der Waals surface area (Å²) in [7, 11) is 0. The Labute approximate surface area is 152 Å². The molecule has 0 aliphatic heterocycles. The van der Waals surface area contributed by atoms with Gasteiger partial charge in [0.25, 0.3) is 0 Å². The van der Waals surface area contributed by atoms with Gasteiger partial charge in [-0.3, -0.25) is 15.4 Å². The molecule has 2 amide bonds. The smallest absolute Gasteiger partial charge is 0.239 e. The monoisotopic (exact) mass is 358 g/mol. The highest BCUT2D eigenvalue weighted by atomic mass is 16.2. The molecule has 0 spiro atoms. The van der Waals surface area contributed by atoms with Crippen LogP contribution in [0.25, 0.3) is 0 Å². The molecule has 0 radical (unpaired) electrons. The van der Waals surface area contributed by atoms with Crippen molar-refractivity contribution in [2.45, 2.75) is 79.3 Å². The molecule has 0 aromatic heterocycles. The zero-order valence-electron chi connectivity index (χ0n) is 16.7. The van der Waals surface area contributed by atoms with Crippen LogP contribution in [0, 0.1) is 11.8 Å². The van der Waals surface area contributed by atoms with Crippen LogP contribution in [0.3, 0.4) is 0 Å². The lowest BCUT2D eigenvalue weighted by Crippen LogP contribution is -2.50. The Morgan fingerprint density at radius 2 is 1.68 bits per heavy atom. The summed E-state index contributed by atoms with van der Waals surface area (Å²) in [6.45, 7) is 12.3. The number of nitrogens with two attached hydrogens (primary N) is 1. The second kappa shape index (κ2) is 16.0. The van der Waals surface area contributed by atoms with Gasteiger partial charge in [-0.1, -0.05) is 54.4 Å². The van der Waals surface area contributed by atoms with E-state index in [1.165, 1.54) is 0 Å². The zero-order chi connectivity index (χ0) is 19.8. The number of hydrazine groups is 1. The summed E-state index contributed by atoms with van der Waals surface area (Å²) in [5.74, 6) is 5.77. The van der Waals surface area contributed by atoms with E-state index in [9.17, 15) is 14.4 Å². The Morgan fingerprint density at radius 1 is 1.12 bits per heavy atom. The molecule has 0 heterocycles. The Kier molecular flexibility index (Phi) is 16.5. The maximum Gasteiger partial charge on any atom is 0.239 e. The lowest BCUT2D eigenvalue weighted by molar-refractivity contribution is -0.128. The van der Waals surface area contributed by atoms with E-state index in [0.717, 1.165) is 25.0 Å². The van der Waals surface area contributed by atoms with Gasteiger partial charge in [0.1, 0.15) is 6.29 Å². The normalized spacial score (nSPS) is 12.8. The first-order valence-electron chi connectivity index (χ1n) is 9.16. The predicted octanol–water partition coefficient (Wildman–Crippen LogP) is 1.52. The summed E-state index contributed by atoms with van der Waals surface area (Å²) in [6.07, 6.45) is 3.73. The predicted molar refractivity (Wildman–Crippen MR) is 102 cm³/mol. The van der Waals surface area contributed by atoms with Crippen molar-refractivity contribution in [1.82, 2.24) is 16.1 Å². The van der Waals surface area contributed by atoms with Crippen LogP contribution < -0.4 is 21.9 Å². The van der Waals surface area contributed by atoms with Crippen molar-refractivity contribution in [3.8, 4) is 0 Å². The first-order chi connectivity index (χ1) is 11.7. The second-order valence-corrected chi connectivity index (χ2v) is 7.25. The quantitative estimate of drug-likeness (QED) is 0.254. The molecular weight excluding hydrogens is 320 g/mol. The number of carbonyl (C=O) groups excluding carboxylic acids is 3. The molecule has 0 aromatic rings. The molecule has 148 valence electrons. The number of unbranched alkanes of at least 4 members (excludes halogenated alkanes) is 1. The van der Waals surface area contributed by atoms with E-state index >= 15 is 0 Å². The van der Waals surface area contributed by atoms with Crippen molar-refractivity contribution in [2.75, 3.05) is 6.54 Å². The van der Waals surface area contributed by atoms with E-state index in [-0.39, 0.29) is 18.4 Å². The number of rotatable bonds is 11. The molecule has 0 rings (SSSR count). The van der Waals surface area contributed by atoms with Gasteiger partial charge in [-0.15, -0.1) is 0 Å². The molecule has 2 atom stereocenters. The Bertz CT molecular complexity index is 371. The summed E-state index contributed by atoms with van der Waals surface area (Å²) in [6, 6.07) is -1.02. The van der Waals surface area contributed by atoms with Crippen molar-refractivity contribution < 1.29 is 14.4 Å². The van der Waals surface area contributed by atoms with Crippen molar-refractivity contribution >= 4 is 18.1 Å². The third kappa shape index (κ3) is 17.2. The first-order valence-corrected chi connectivity index (χ1v) is 9.16. The van der Waals surface area contributed by atoms with E-state index < -0.39 is 12.1 Å². The van der Waals surface area contributed by atoms with Crippen molar-refractivity contribution in [3.63, 3.8) is 0 Å². The number of amides is 2. The van der Waals surface area contributed by atoms with Gasteiger partial charge in [-0.25, -0.2) is 5.43 Å². The fraction of sp³-hybridized carbons (Fsp3) is 0.833. The maximum atomic E-state index is 11.8. The minimum atomic E-state index is -0.528. The van der Waals surface area contributed by atoms with E-state index in [1.807, 2.05) is 20.8 Å². The molecule has 2 unspecified atom stereocenters. The largest absolute Gasteiger partial charge is 0.346 e. The minimum Gasteiger partial charge on any atom is -0.346 e. The lowest BCUT2D eigenvalue weighted by atomic mass is 10.0. The number of hydrogen-bond donors (Lipinski definition) is 4. The fourth-order valence-electron chi connectivity index (χ4n) is 1.87. The van der Waals surface area contributed by atoms with Gasteiger partial charge in [0.15, 0.2) is 0 Å². The second-order valence-electron chi connectivity index (χ2n) is 7.25. The maximum absolute atomic E-state index is 11.8. The van der Waals surface area contributed by atoms with Gasteiger partial charge < -0.3 is 15.4 Å². The van der Waals surface area contributed by atoms with E-state index in [2.05, 4.69) is 36.8 Å². The summed E-state index contributed by atoms with van der Waals surface area (Å²) in [4.78, 5) is 34.3. The molecule has 0 saturated heterocycles. The van der Waals surface area contributed by atoms with Crippen LogP contribution in [0.15, 0.2) is 0 Å². The molecule has 0 aromatic carbocycles. The van der Waals surface area contributed by atoms with Crippen molar-refractivity contribution in [3.05, 3.63) is 0 Å². The Hall–Kier alpha value is -1.47. The van der Waals surface area contributed by atoms with Crippen LogP contribution >= 0.6 is 0 Å². The molecule has 5 N–H and O–H groups in total. The third-order valence-corrected chi connectivity index (χ3v) is 3.03. The van der Waals surface area contributed by atoms with Gasteiger partial charge >= 0.3 is 0 Å². The van der Waals surface area contributed by atoms with Crippen LogP contribution in [-0.4, -0.2) is 36.7 Å². The highest BCUT2D eigenvalue weighted by Crippen LogP contribution is 2.03. The van der Waals surface area contributed by atoms with Crippen LogP contribution in [0.1, 0.15) is 67.2 Å². The summed E-state index contributed by atoms with van der Waals surface area (Å²) >= 11 is 0. The molecule has 0 saturated carbocycles. The fourth-order valence-corrected chi connectivity index (χ4v) is 1.87. The van der Waals surface area contributed by atoms with Gasteiger partial charge in [0.2, 0.25) is 11.8 Å². The SMILES string of the molecule is CC(C)C.CCCCC(C=O)NC(=O)CNC(=O)C(CC(C)C)NN. The highest BCUT2D eigenvalue weighted by Gasteiger charge is 2.19. The van der Waals surface area contributed by atoms with Gasteiger partial charge in [-0.05, 0) is 24.7 Å². The molecule has 0 aliphatic rings. The molecule has 0 bridgehead atoms. The first kappa shape index (κ1) is 25.8. The summed E-state index contributed by atoms with van der Waals surface area (Å²) < 4.78 is 0. The zero-order valence-corrected chi connectivity index (χ0v) is 16.7. The standard InChI is InChI=1S/C14H28N4O3.C4H10/c1-4-5-6-11(9-19)17-13(20)8-16-14(21)12(18-15)7-10(2)3;1-4(2)3/h9-12,18H,4-8,15H2,1-3H3,(H,16,21)(H,17,20);4H,1-3H3. The van der Waals surface area contributed by atoms with E-state index in [0.29, 0.717) is 18.8 Å². The van der Waals surface area contributed by atoms with Gasteiger partial charge in [0, 0.05) is 0 Å². The van der Waals surface area contributed by atoms with Crippen LogP contribution in [0.5, 0.6) is 0 Å². The average Bonchev–Trinajstić information content (AvgIpc) is 2.53. The molecular formula is C18H38N4O3. The Balaban J connectivity index is 0. The molecule has 7 heteroatoms. The summed E-state index contributed by atoms with van der Waals surface area (Å²) in [5.41, 5.74) is 2.44. The number of hydrogen-bond acceptors (Lipinski definition) is 5. The van der Waals surface area contributed by atoms with Crippen molar-refractivity contribution in [2.24, 2.45) is 17.7 Å². The molecule has 7 nitrogen and oxygen atoms in total. The topological polar surface area (TPSA) is 113 Å². The number of carbonyl (C=O) groups is 3. The molecule has 0 aliphatic carbocycles. The van der Waals surface area contributed by atoms with Crippen LogP contribution in [-0.2, 0) is 14.4 Å². The highest BCUT2D eigenvalue weighted by molar-refractivity contribution is 5.88. The lowest BCUT2D eigenvalue weighted by Gasteiger charge is -2.18. The van der Waals surface area contributed by atoms with Crippen LogP contribution in [0.4, 0.5) is 0 Å². The van der Waals surface area contributed by atoms with Crippen molar-refractivity contribution in [1.29, 1.82) is 0 Å². The Morgan fingerprint density at radius 3 is 2.08 bits per heavy atom. The van der Waals surface area contributed by atoms with Crippen LogP contribution in [0.2, 0.25) is 0 Å². The number of nitrogens with one attached hydrogen (secondary N) is 3. The number of aldehydes is 1. The minimum absolute atomic E-state index is 0.161. The average molecular weight is 359 g/mol. The van der Waals surface area contributed by atoms with E-state index in [1.54, 1.807) is 0 Å².